The van der Waals surface area contributed by atoms with Gasteiger partial charge in [-0.1, -0.05) is 35.9 Å². The summed E-state index contributed by atoms with van der Waals surface area (Å²) in [5, 5.41) is 20.2. The number of benzene rings is 3. The molecule has 3 aromatic rings. The molecule has 2 heterocycles. The molecule has 7 rings (SSSR count). The van der Waals surface area contributed by atoms with E-state index in [9.17, 15) is 42.6 Å². The molecule has 6 unspecified atom stereocenters. The first-order chi connectivity index (χ1) is 23.9. The van der Waals surface area contributed by atoms with Gasteiger partial charge in [-0.15, -0.1) is 23.2 Å². The van der Waals surface area contributed by atoms with Crippen LogP contribution in [0.5, 0.6) is 11.5 Å². The smallest absolute Gasteiger partial charge is 0.258 e. The van der Waals surface area contributed by atoms with Crippen molar-refractivity contribution in [2.75, 3.05) is 11.4 Å². The minimum atomic E-state index is -2.65. The first-order valence-corrected chi connectivity index (χ1v) is 16.6. The number of amides is 4. The van der Waals surface area contributed by atoms with Gasteiger partial charge in [0.15, 0.2) is 33.0 Å². The molecule has 15 heteroatoms. The zero-order valence-electron chi connectivity index (χ0n) is 26.7. The van der Waals surface area contributed by atoms with Crippen LogP contribution in [-0.4, -0.2) is 55.0 Å². The second kappa shape index (κ2) is 11.8. The van der Waals surface area contributed by atoms with Gasteiger partial charge in [0.2, 0.25) is 17.6 Å². The molecule has 2 N–H and O–H groups in total. The molecular formula is C36H27Cl2F5N2O6. The number of alkyl halides is 2. The highest BCUT2D eigenvalue weighted by atomic mass is 35.5. The van der Waals surface area contributed by atoms with Crippen LogP contribution in [-0.2, 0) is 25.6 Å². The molecule has 266 valence electrons. The molecule has 0 radical (unpaired) electrons. The van der Waals surface area contributed by atoms with Crippen molar-refractivity contribution in [3.8, 4) is 11.5 Å². The van der Waals surface area contributed by atoms with Gasteiger partial charge in [-0.05, 0) is 73.4 Å². The summed E-state index contributed by atoms with van der Waals surface area (Å²) >= 11 is 14.3. The van der Waals surface area contributed by atoms with Crippen LogP contribution in [0.3, 0.4) is 0 Å². The predicted molar refractivity (Wildman–Crippen MR) is 173 cm³/mol. The third-order valence-electron chi connectivity index (χ3n) is 10.7. The Morgan fingerprint density at radius 1 is 0.804 bits per heavy atom. The molecule has 0 aromatic heterocycles. The van der Waals surface area contributed by atoms with E-state index in [0.717, 1.165) is 10.5 Å². The fourth-order valence-corrected chi connectivity index (χ4v) is 9.22. The molecule has 51 heavy (non-hydrogen) atoms. The highest BCUT2D eigenvalue weighted by Gasteiger charge is 2.77. The molecule has 2 aliphatic heterocycles. The molecule has 3 aromatic carbocycles. The summed E-state index contributed by atoms with van der Waals surface area (Å²) in [6.07, 6.45) is 1.26. The Morgan fingerprint density at radius 2 is 1.37 bits per heavy atom. The number of allylic oxidation sites excluding steroid dienone is 2. The number of nitrogens with zero attached hydrogens (tertiary/aromatic N) is 2. The number of rotatable bonds is 5. The Hall–Kier alpha value is -4.49. The number of phenols is 2. The fourth-order valence-electron chi connectivity index (χ4n) is 8.29. The highest BCUT2D eigenvalue weighted by molar-refractivity contribution is 6.58. The maximum atomic E-state index is 15.2. The van der Waals surface area contributed by atoms with E-state index < -0.39 is 98.2 Å². The molecule has 0 bridgehead atoms. The van der Waals surface area contributed by atoms with E-state index in [1.165, 1.54) is 24.3 Å². The molecule has 4 amide bonds. The third-order valence-corrected chi connectivity index (χ3v) is 12.1. The molecular weight excluding hydrogens is 722 g/mol. The first-order valence-electron chi connectivity index (χ1n) is 15.9. The molecule has 6 atom stereocenters. The van der Waals surface area contributed by atoms with Gasteiger partial charge in [-0.25, -0.2) is 26.9 Å². The number of aromatic hydroxyl groups is 2. The molecule has 2 aliphatic carbocycles. The number of carbonyl (C=O) groups excluding carboxylic acids is 4. The summed E-state index contributed by atoms with van der Waals surface area (Å²) < 4.78 is 73.4. The SMILES string of the molecule is Cc1cc(C2C3=CCC4C(=O)N(CCc5ccc(O)cc5)C(=O)C4C3CC3(Cl)C(=O)N(c4c(F)c(F)c(F)c(F)c4F)C(=O)C23Cl)cc(C)c1O. The van der Waals surface area contributed by atoms with Crippen LogP contribution in [0.1, 0.15) is 41.0 Å². The van der Waals surface area contributed by atoms with Crippen LogP contribution >= 0.6 is 23.2 Å². The lowest BCUT2D eigenvalue weighted by Gasteiger charge is -2.50. The summed E-state index contributed by atoms with van der Waals surface area (Å²) in [5.74, 6) is -21.0. The van der Waals surface area contributed by atoms with E-state index in [2.05, 4.69) is 0 Å². The molecule has 1 saturated carbocycles. The number of hydrogen-bond donors (Lipinski definition) is 2. The molecule has 8 nitrogen and oxygen atoms in total. The zero-order valence-corrected chi connectivity index (χ0v) is 28.3. The van der Waals surface area contributed by atoms with Crippen molar-refractivity contribution in [2.45, 2.75) is 48.8 Å². The first kappa shape index (κ1) is 34.9. The number of aryl methyl sites for hydroxylation is 2. The van der Waals surface area contributed by atoms with Crippen molar-refractivity contribution in [3.05, 3.63) is 99.4 Å². The van der Waals surface area contributed by atoms with Gasteiger partial charge >= 0.3 is 0 Å². The maximum absolute atomic E-state index is 15.2. The number of hydrogen-bond acceptors (Lipinski definition) is 6. The van der Waals surface area contributed by atoms with Crippen molar-refractivity contribution < 1.29 is 51.3 Å². The van der Waals surface area contributed by atoms with Gasteiger partial charge in [0.05, 0.1) is 11.8 Å². The number of likely N-dealkylation sites (tertiary alicyclic amines) is 1. The second-order valence-electron chi connectivity index (χ2n) is 13.4. The van der Waals surface area contributed by atoms with Crippen molar-refractivity contribution in [1.82, 2.24) is 4.90 Å². The topological polar surface area (TPSA) is 115 Å². The van der Waals surface area contributed by atoms with E-state index in [0.29, 0.717) is 16.7 Å². The standard InChI is InChI=1S/C36H27Cl2F5N2O6/c1-14-11-17(12-15(2)30(14)47)23-19-7-8-20-22(32(49)44(31(20)48)10-9-16-3-5-18(46)6-4-16)21(19)13-35(37)33(50)45(34(51)36(23,35)38)29-27(42)25(40)24(39)26(41)28(29)43/h3-7,11-12,20-23,46-47H,8-10,13H2,1-2H3. The second-order valence-corrected chi connectivity index (χ2v) is 14.7. The normalized spacial score (nSPS) is 28.6. The minimum absolute atomic E-state index is 0.00901. The highest BCUT2D eigenvalue weighted by Crippen LogP contribution is 2.66. The number of phenolic OH excluding ortho intramolecular Hbond substituents is 2. The Kier molecular flexibility index (Phi) is 8.07. The number of fused-ring (bicyclic) bond motifs is 4. The van der Waals surface area contributed by atoms with E-state index in [4.69, 9.17) is 23.2 Å². The van der Waals surface area contributed by atoms with E-state index in [-0.39, 0.29) is 41.3 Å². The lowest BCUT2D eigenvalue weighted by molar-refractivity contribution is -0.140. The quantitative estimate of drug-likeness (QED) is 0.0801. The predicted octanol–water partition coefficient (Wildman–Crippen LogP) is 6.22. The number of anilines is 1. The van der Waals surface area contributed by atoms with Gasteiger partial charge in [-0.2, -0.15) is 0 Å². The summed E-state index contributed by atoms with van der Waals surface area (Å²) in [6, 6.07) is 9.10. The van der Waals surface area contributed by atoms with Crippen LogP contribution < -0.4 is 4.90 Å². The minimum Gasteiger partial charge on any atom is -0.508 e. The summed E-state index contributed by atoms with van der Waals surface area (Å²) in [7, 11) is 0. The lowest BCUT2D eigenvalue weighted by Crippen LogP contribution is -2.60. The lowest BCUT2D eigenvalue weighted by atomic mass is 9.56. The van der Waals surface area contributed by atoms with E-state index in [1.54, 1.807) is 32.1 Å². The van der Waals surface area contributed by atoms with Crippen LogP contribution in [0.4, 0.5) is 27.6 Å². The van der Waals surface area contributed by atoms with Crippen LogP contribution in [0.25, 0.3) is 0 Å². The van der Waals surface area contributed by atoms with Gasteiger partial charge in [-0.3, -0.25) is 24.1 Å². The number of imide groups is 2. The van der Waals surface area contributed by atoms with Gasteiger partial charge in [0.25, 0.3) is 11.8 Å². The van der Waals surface area contributed by atoms with Crippen molar-refractivity contribution >= 4 is 52.5 Å². The van der Waals surface area contributed by atoms with Crippen molar-refractivity contribution in [2.24, 2.45) is 17.8 Å². The van der Waals surface area contributed by atoms with Crippen LogP contribution in [0.15, 0.2) is 48.0 Å². The maximum Gasteiger partial charge on any atom is 0.258 e. The third kappa shape index (κ3) is 4.69. The summed E-state index contributed by atoms with van der Waals surface area (Å²) in [5.41, 5.74) is 0.0147. The average molecular weight is 750 g/mol. The fraction of sp³-hybridized carbons (Fsp3) is 0.333. The number of carbonyl (C=O) groups is 4. The Bertz CT molecular complexity index is 2080. The van der Waals surface area contributed by atoms with Crippen molar-refractivity contribution in [1.29, 1.82) is 0 Å². The van der Waals surface area contributed by atoms with Crippen LogP contribution in [0, 0.1) is 60.7 Å². The molecule has 2 saturated heterocycles. The van der Waals surface area contributed by atoms with Crippen LogP contribution in [0.2, 0.25) is 0 Å². The average Bonchev–Trinajstić information content (AvgIpc) is 3.42. The molecule has 4 aliphatic rings. The Morgan fingerprint density at radius 3 is 1.96 bits per heavy atom. The Balaban J connectivity index is 1.37. The molecule has 0 spiro atoms. The zero-order chi connectivity index (χ0) is 37.1. The van der Waals surface area contributed by atoms with Gasteiger partial charge in [0.1, 0.15) is 17.2 Å². The monoisotopic (exact) mass is 748 g/mol. The Labute approximate surface area is 297 Å². The van der Waals surface area contributed by atoms with E-state index >= 15 is 8.78 Å². The van der Waals surface area contributed by atoms with E-state index in [1.807, 2.05) is 0 Å². The summed E-state index contributed by atoms with van der Waals surface area (Å²) in [6.45, 7) is 3.06. The summed E-state index contributed by atoms with van der Waals surface area (Å²) in [4.78, 5) is 52.1. The van der Waals surface area contributed by atoms with Crippen molar-refractivity contribution in [3.63, 3.8) is 0 Å². The molecule has 3 fully saturated rings. The largest absolute Gasteiger partial charge is 0.508 e. The van der Waals surface area contributed by atoms with Gasteiger partial charge < -0.3 is 10.2 Å². The number of halogens is 7. The van der Waals surface area contributed by atoms with Gasteiger partial charge in [0, 0.05) is 12.5 Å².